The van der Waals surface area contributed by atoms with Crippen LogP contribution in [0, 0.1) is 11.3 Å². The molecular formula is C13H13NOS. The van der Waals surface area contributed by atoms with Gasteiger partial charge in [-0.05, 0) is 30.5 Å². The molecule has 0 aliphatic heterocycles. The molecule has 0 amide bonds. The zero-order valence-electron chi connectivity index (χ0n) is 8.81. The molecular weight excluding hydrogens is 218 g/mol. The molecule has 1 aliphatic rings. The molecule has 0 fully saturated rings. The molecule has 1 unspecified atom stereocenters. The number of aromatic hydroxyl groups is 1. The van der Waals surface area contributed by atoms with E-state index in [2.05, 4.69) is 0 Å². The molecule has 2 N–H and O–H groups in total. The summed E-state index contributed by atoms with van der Waals surface area (Å²) in [6.45, 7) is 0. The maximum atomic E-state index is 9.67. The summed E-state index contributed by atoms with van der Waals surface area (Å²) in [5.41, 5.74) is 1.40. The Morgan fingerprint density at radius 2 is 2.12 bits per heavy atom. The zero-order valence-corrected chi connectivity index (χ0v) is 9.63. The highest BCUT2D eigenvalue weighted by Gasteiger charge is 2.20. The lowest BCUT2D eigenvalue weighted by molar-refractivity contribution is 0.464. The Kier molecular flexibility index (Phi) is 3.15. The summed E-state index contributed by atoms with van der Waals surface area (Å²) in [4.78, 5) is 0.617. The molecule has 1 atom stereocenters. The fraction of sp³-hybridized carbons (Fsp3) is 0.231. The van der Waals surface area contributed by atoms with E-state index >= 15 is 0 Å². The van der Waals surface area contributed by atoms with Crippen molar-refractivity contribution >= 4 is 22.8 Å². The molecule has 16 heavy (non-hydrogen) atoms. The summed E-state index contributed by atoms with van der Waals surface area (Å²) < 4.78 is 0. The standard InChI is InChI=1S/C13H13NOS/c14-13-10(5-3-7-12(13)16)8-9-4-1-2-6-11(9)15/h1-4,6-7,10,14-15H,5,8H2. The molecule has 0 spiro atoms. The molecule has 1 aromatic carbocycles. The van der Waals surface area contributed by atoms with Gasteiger partial charge < -0.3 is 10.5 Å². The molecule has 0 bridgehead atoms. The average molecular weight is 231 g/mol. The molecule has 0 radical (unpaired) electrons. The SMILES string of the molecule is N=C1C(=S)C=CCC1Cc1ccccc1O. The molecule has 0 heterocycles. The Bertz CT molecular complexity index is 465. The minimum atomic E-state index is 0.103. The largest absolute Gasteiger partial charge is 0.508 e. The van der Waals surface area contributed by atoms with Gasteiger partial charge in [0.1, 0.15) is 5.75 Å². The van der Waals surface area contributed by atoms with Crippen molar-refractivity contribution in [3.63, 3.8) is 0 Å². The summed E-state index contributed by atoms with van der Waals surface area (Å²) in [7, 11) is 0. The maximum absolute atomic E-state index is 9.67. The van der Waals surface area contributed by atoms with Crippen molar-refractivity contribution in [3.05, 3.63) is 42.0 Å². The highest BCUT2D eigenvalue weighted by Crippen LogP contribution is 2.24. The lowest BCUT2D eigenvalue weighted by Gasteiger charge is -2.20. The number of nitrogens with one attached hydrogen (secondary N) is 1. The number of hydrogen-bond donors (Lipinski definition) is 2. The average Bonchev–Trinajstić information content (AvgIpc) is 2.28. The van der Waals surface area contributed by atoms with Gasteiger partial charge in [0.2, 0.25) is 0 Å². The van der Waals surface area contributed by atoms with E-state index in [1.165, 1.54) is 0 Å². The van der Waals surface area contributed by atoms with Crippen LogP contribution < -0.4 is 0 Å². The van der Waals surface area contributed by atoms with Crippen LogP contribution in [0.1, 0.15) is 12.0 Å². The van der Waals surface area contributed by atoms with Crippen molar-refractivity contribution in [2.24, 2.45) is 5.92 Å². The van der Waals surface area contributed by atoms with Crippen LogP contribution in [0.4, 0.5) is 0 Å². The van der Waals surface area contributed by atoms with E-state index in [0.717, 1.165) is 12.0 Å². The molecule has 82 valence electrons. The van der Waals surface area contributed by atoms with Crippen molar-refractivity contribution < 1.29 is 5.11 Å². The molecule has 2 rings (SSSR count). The van der Waals surface area contributed by atoms with Crippen LogP contribution in [-0.4, -0.2) is 15.7 Å². The van der Waals surface area contributed by atoms with Gasteiger partial charge in [-0.25, -0.2) is 0 Å². The lowest BCUT2D eigenvalue weighted by atomic mass is 9.86. The number of thiocarbonyl (C=S) groups is 1. The first-order chi connectivity index (χ1) is 7.68. The van der Waals surface area contributed by atoms with Crippen LogP contribution in [0.5, 0.6) is 5.75 Å². The van der Waals surface area contributed by atoms with E-state index in [-0.39, 0.29) is 5.92 Å². The third kappa shape index (κ3) is 2.19. The van der Waals surface area contributed by atoms with Crippen LogP contribution in [0.3, 0.4) is 0 Å². The van der Waals surface area contributed by atoms with Crippen LogP contribution in [-0.2, 0) is 6.42 Å². The number of allylic oxidation sites excluding steroid dienone is 2. The number of hydrogen-bond acceptors (Lipinski definition) is 3. The summed E-state index contributed by atoms with van der Waals surface area (Å²) >= 11 is 5.08. The van der Waals surface area contributed by atoms with Gasteiger partial charge in [-0.2, -0.15) is 0 Å². The van der Waals surface area contributed by atoms with Gasteiger partial charge in [-0.3, -0.25) is 0 Å². The fourth-order valence-corrected chi connectivity index (χ4v) is 2.15. The topological polar surface area (TPSA) is 44.1 Å². The Labute approximate surface area is 100 Å². The second-order valence-corrected chi connectivity index (χ2v) is 4.39. The quantitative estimate of drug-likeness (QED) is 0.769. The normalized spacial score (nSPS) is 20.1. The summed E-state index contributed by atoms with van der Waals surface area (Å²) in [6.07, 6.45) is 5.33. The molecule has 0 aromatic heterocycles. The lowest BCUT2D eigenvalue weighted by Crippen LogP contribution is -2.25. The van der Waals surface area contributed by atoms with Gasteiger partial charge >= 0.3 is 0 Å². The van der Waals surface area contributed by atoms with E-state index in [1.807, 2.05) is 24.3 Å². The first kappa shape index (κ1) is 11.0. The predicted octanol–water partition coefficient (Wildman–Crippen LogP) is 2.90. The Morgan fingerprint density at radius 1 is 1.38 bits per heavy atom. The molecule has 2 nitrogen and oxygen atoms in total. The first-order valence-corrected chi connectivity index (χ1v) is 5.65. The Morgan fingerprint density at radius 3 is 2.88 bits per heavy atom. The van der Waals surface area contributed by atoms with Crippen molar-refractivity contribution in [1.29, 1.82) is 5.41 Å². The molecule has 0 saturated heterocycles. The van der Waals surface area contributed by atoms with Gasteiger partial charge in [-0.15, -0.1) is 0 Å². The summed E-state index contributed by atoms with van der Waals surface area (Å²) in [6, 6.07) is 7.27. The molecule has 1 aromatic rings. The summed E-state index contributed by atoms with van der Waals surface area (Å²) in [5, 5.41) is 17.6. The van der Waals surface area contributed by atoms with E-state index < -0.39 is 0 Å². The number of phenols is 1. The van der Waals surface area contributed by atoms with Crippen molar-refractivity contribution in [3.8, 4) is 5.75 Å². The minimum Gasteiger partial charge on any atom is -0.508 e. The first-order valence-electron chi connectivity index (χ1n) is 5.24. The molecule has 3 heteroatoms. The number of phenolic OH excluding ortho intramolecular Hbond substituents is 1. The Balaban J connectivity index is 2.17. The van der Waals surface area contributed by atoms with E-state index in [9.17, 15) is 5.11 Å². The second kappa shape index (κ2) is 4.58. The Hall–Kier alpha value is -1.48. The monoisotopic (exact) mass is 231 g/mol. The van der Waals surface area contributed by atoms with Crippen molar-refractivity contribution in [1.82, 2.24) is 0 Å². The second-order valence-electron chi connectivity index (χ2n) is 3.95. The van der Waals surface area contributed by atoms with Gasteiger partial charge in [0.05, 0.1) is 10.6 Å². The van der Waals surface area contributed by atoms with Gasteiger partial charge in [-0.1, -0.05) is 36.5 Å². The third-order valence-corrected chi connectivity index (χ3v) is 3.18. The summed E-state index contributed by atoms with van der Waals surface area (Å²) in [5.74, 6) is 0.404. The van der Waals surface area contributed by atoms with Crippen molar-refractivity contribution in [2.75, 3.05) is 0 Å². The van der Waals surface area contributed by atoms with Crippen LogP contribution in [0.2, 0.25) is 0 Å². The third-order valence-electron chi connectivity index (χ3n) is 2.82. The van der Waals surface area contributed by atoms with Crippen LogP contribution in [0.15, 0.2) is 36.4 Å². The fourth-order valence-electron chi connectivity index (χ4n) is 1.88. The molecule has 0 saturated carbocycles. The van der Waals surface area contributed by atoms with Gasteiger partial charge in [0, 0.05) is 5.92 Å². The maximum Gasteiger partial charge on any atom is 0.118 e. The highest BCUT2D eigenvalue weighted by atomic mass is 32.1. The number of rotatable bonds is 2. The van der Waals surface area contributed by atoms with Crippen LogP contribution >= 0.6 is 12.2 Å². The predicted molar refractivity (Wildman–Crippen MR) is 69.4 cm³/mol. The van der Waals surface area contributed by atoms with Gasteiger partial charge in [0.25, 0.3) is 0 Å². The van der Waals surface area contributed by atoms with Crippen LogP contribution in [0.25, 0.3) is 0 Å². The van der Waals surface area contributed by atoms with E-state index in [4.69, 9.17) is 17.6 Å². The van der Waals surface area contributed by atoms with E-state index in [1.54, 1.807) is 12.1 Å². The van der Waals surface area contributed by atoms with Crippen molar-refractivity contribution in [2.45, 2.75) is 12.8 Å². The number of para-hydroxylation sites is 1. The smallest absolute Gasteiger partial charge is 0.118 e. The molecule has 1 aliphatic carbocycles. The van der Waals surface area contributed by atoms with E-state index in [0.29, 0.717) is 22.7 Å². The van der Waals surface area contributed by atoms with Gasteiger partial charge in [0.15, 0.2) is 0 Å². The zero-order chi connectivity index (χ0) is 11.5. The minimum absolute atomic E-state index is 0.103. The number of benzene rings is 1. The highest BCUT2D eigenvalue weighted by molar-refractivity contribution is 7.82.